The van der Waals surface area contributed by atoms with Crippen LogP contribution >= 0.6 is 0 Å². The van der Waals surface area contributed by atoms with Gasteiger partial charge in [-0.3, -0.25) is 0 Å². The van der Waals surface area contributed by atoms with Crippen LogP contribution in [0.4, 0.5) is 0 Å². The van der Waals surface area contributed by atoms with Crippen molar-refractivity contribution in [1.29, 1.82) is 0 Å². The fraction of sp³-hybridized carbons (Fsp3) is 1.00. The van der Waals surface area contributed by atoms with E-state index in [-0.39, 0.29) is 0 Å². The Balaban J connectivity index is 0.000000281. The van der Waals surface area contributed by atoms with Crippen LogP contribution in [0.5, 0.6) is 0 Å². The number of fused-ring (bicyclic) bond motifs is 1. The molecule has 1 N–H and O–H groups in total. The van der Waals surface area contributed by atoms with E-state index in [0.717, 1.165) is 17.9 Å². The SMILES string of the molecule is CC.CC1CC2CCNC2C1. The normalized spacial score (nSPS) is 41.2. The molecule has 1 heteroatoms. The maximum Gasteiger partial charge on any atom is 0.00984 e. The topological polar surface area (TPSA) is 12.0 Å². The highest BCUT2D eigenvalue weighted by molar-refractivity contribution is 4.91. The molecule has 66 valence electrons. The molecule has 2 rings (SSSR count). The second kappa shape index (κ2) is 4.10. The van der Waals surface area contributed by atoms with Crippen molar-refractivity contribution in [3.05, 3.63) is 0 Å². The summed E-state index contributed by atoms with van der Waals surface area (Å²) in [6.07, 6.45) is 4.36. The first-order chi connectivity index (χ1) is 5.36. The molecule has 3 atom stereocenters. The van der Waals surface area contributed by atoms with Crippen molar-refractivity contribution in [2.75, 3.05) is 6.54 Å². The molecule has 11 heavy (non-hydrogen) atoms. The van der Waals surface area contributed by atoms with Crippen molar-refractivity contribution < 1.29 is 0 Å². The lowest BCUT2D eigenvalue weighted by Gasteiger charge is -2.05. The van der Waals surface area contributed by atoms with Crippen molar-refractivity contribution in [1.82, 2.24) is 5.32 Å². The van der Waals surface area contributed by atoms with Gasteiger partial charge in [-0.25, -0.2) is 0 Å². The van der Waals surface area contributed by atoms with E-state index in [1.165, 1.54) is 25.8 Å². The molecule has 0 amide bonds. The summed E-state index contributed by atoms with van der Waals surface area (Å²) in [5.41, 5.74) is 0. The number of hydrogen-bond donors (Lipinski definition) is 1. The highest BCUT2D eigenvalue weighted by atomic mass is 15.0. The lowest BCUT2D eigenvalue weighted by Crippen LogP contribution is -2.22. The van der Waals surface area contributed by atoms with Gasteiger partial charge in [0.1, 0.15) is 0 Å². The van der Waals surface area contributed by atoms with Gasteiger partial charge >= 0.3 is 0 Å². The van der Waals surface area contributed by atoms with Gasteiger partial charge in [-0.2, -0.15) is 0 Å². The van der Waals surface area contributed by atoms with Crippen molar-refractivity contribution in [3.63, 3.8) is 0 Å². The third-order valence-electron chi connectivity index (χ3n) is 2.85. The van der Waals surface area contributed by atoms with E-state index in [0.29, 0.717) is 0 Å². The highest BCUT2D eigenvalue weighted by Gasteiger charge is 2.34. The molecule has 1 aliphatic heterocycles. The van der Waals surface area contributed by atoms with E-state index >= 15 is 0 Å². The Morgan fingerprint density at radius 2 is 1.91 bits per heavy atom. The third-order valence-corrected chi connectivity index (χ3v) is 2.85. The van der Waals surface area contributed by atoms with Gasteiger partial charge in [-0.1, -0.05) is 20.8 Å². The predicted molar refractivity (Wildman–Crippen MR) is 49.6 cm³/mol. The van der Waals surface area contributed by atoms with Crippen molar-refractivity contribution >= 4 is 0 Å². The summed E-state index contributed by atoms with van der Waals surface area (Å²) in [7, 11) is 0. The molecule has 1 saturated heterocycles. The lowest BCUT2D eigenvalue weighted by molar-refractivity contribution is 0.514. The molecule has 2 aliphatic rings. The summed E-state index contributed by atoms with van der Waals surface area (Å²) in [5, 5.41) is 3.55. The van der Waals surface area contributed by atoms with Gasteiger partial charge in [-0.15, -0.1) is 0 Å². The van der Waals surface area contributed by atoms with E-state index in [2.05, 4.69) is 12.2 Å². The number of nitrogens with one attached hydrogen (secondary N) is 1. The first kappa shape index (κ1) is 9.05. The lowest BCUT2D eigenvalue weighted by atomic mass is 10.0. The summed E-state index contributed by atoms with van der Waals surface area (Å²) in [6, 6.07) is 0.903. The minimum absolute atomic E-state index is 0.903. The molecule has 1 aliphatic carbocycles. The fourth-order valence-corrected chi connectivity index (χ4v) is 2.43. The molecule has 0 aromatic carbocycles. The second-order valence-electron chi connectivity index (χ2n) is 3.69. The quantitative estimate of drug-likeness (QED) is 0.566. The van der Waals surface area contributed by atoms with Gasteiger partial charge in [0.2, 0.25) is 0 Å². The maximum absolute atomic E-state index is 3.55. The van der Waals surface area contributed by atoms with Crippen LogP contribution in [0.25, 0.3) is 0 Å². The highest BCUT2D eigenvalue weighted by Crippen LogP contribution is 2.35. The largest absolute Gasteiger partial charge is 0.314 e. The number of rotatable bonds is 0. The summed E-state index contributed by atoms with van der Waals surface area (Å²) < 4.78 is 0. The average Bonchev–Trinajstić information content (AvgIpc) is 2.51. The molecular formula is C10H21N. The zero-order valence-electron chi connectivity index (χ0n) is 8.06. The smallest absolute Gasteiger partial charge is 0.00984 e. The zero-order chi connectivity index (χ0) is 8.27. The molecule has 0 spiro atoms. The fourth-order valence-electron chi connectivity index (χ4n) is 2.43. The van der Waals surface area contributed by atoms with Crippen LogP contribution in [0.15, 0.2) is 0 Å². The monoisotopic (exact) mass is 155 g/mol. The van der Waals surface area contributed by atoms with Crippen LogP contribution in [0.2, 0.25) is 0 Å². The summed E-state index contributed by atoms with van der Waals surface area (Å²) in [6.45, 7) is 7.65. The van der Waals surface area contributed by atoms with Crippen LogP contribution < -0.4 is 5.32 Å². The van der Waals surface area contributed by atoms with E-state index in [9.17, 15) is 0 Å². The summed E-state index contributed by atoms with van der Waals surface area (Å²) in [4.78, 5) is 0. The molecule has 0 radical (unpaired) electrons. The molecule has 0 bridgehead atoms. The Bertz CT molecular complexity index is 99.4. The van der Waals surface area contributed by atoms with Gasteiger partial charge in [0.15, 0.2) is 0 Å². The van der Waals surface area contributed by atoms with Gasteiger partial charge in [0.25, 0.3) is 0 Å². The Morgan fingerprint density at radius 3 is 2.55 bits per heavy atom. The first-order valence-electron chi connectivity index (χ1n) is 5.09. The van der Waals surface area contributed by atoms with Gasteiger partial charge in [-0.05, 0) is 37.6 Å². The zero-order valence-corrected chi connectivity index (χ0v) is 8.06. The molecule has 2 fully saturated rings. The molecule has 1 saturated carbocycles. The van der Waals surface area contributed by atoms with Crippen LogP contribution in [-0.2, 0) is 0 Å². The molecule has 1 heterocycles. The summed E-state index contributed by atoms with van der Waals surface area (Å²) >= 11 is 0. The first-order valence-corrected chi connectivity index (χ1v) is 5.09. The Kier molecular flexibility index (Phi) is 3.38. The molecule has 0 aromatic rings. The van der Waals surface area contributed by atoms with E-state index in [1.807, 2.05) is 13.8 Å². The minimum atomic E-state index is 0.903. The predicted octanol–water partition coefficient (Wildman–Crippen LogP) is 2.42. The minimum Gasteiger partial charge on any atom is -0.314 e. The summed E-state index contributed by atoms with van der Waals surface area (Å²) in [5.74, 6) is 2.03. The maximum atomic E-state index is 3.55. The van der Waals surface area contributed by atoms with Crippen LogP contribution in [0, 0.1) is 11.8 Å². The second-order valence-corrected chi connectivity index (χ2v) is 3.69. The van der Waals surface area contributed by atoms with E-state index in [1.54, 1.807) is 0 Å². The van der Waals surface area contributed by atoms with Crippen molar-refractivity contribution in [3.8, 4) is 0 Å². The third kappa shape index (κ3) is 1.96. The molecule has 1 nitrogen and oxygen atoms in total. The van der Waals surface area contributed by atoms with Crippen LogP contribution in [0.1, 0.15) is 40.0 Å². The Labute approximate surface area is 70.6 Å². The van der Waals surface area contributed by atoms with Gasteiger partial charge in [0, 0.05) is 6.04 Å². The standard InChI is InChI=1S/C8H15N.C2H6/c1-6-4-7-2-3-9-8(7)5-6;1-2/h6-9H,2-5H2,1H3;1-2H3. The molecule has 0 aromatic heterocycles. The number of hydrogen-bond acceptors (Lipinski definition) is 1. The Morgan fingerprint density at radius 1 is 1.18 bits per heavy atom. The average molecular weight is 155 g/mol. The Hall–Kier alpha value is -0.0400. The molecular weight excluding hydrogens is 134 g/mol. The molecule has 3 unspecified atom stereocenters. The van der Waals surface area contributed by atoms with Crippen LogP contribution in [0.3, 0.4) is 0 Å². The van der Waals surface area contributed by atoms with Gasteiger partial charge < -0.3 is 5.32 Å². The van der Waals surface area contributed by atoms with Crippen molar-refractivity contribution in [2.24, 2.45) is 11.8 Å². The van der Waals surface area contributed by atoms with E-state index < -0.39 is 0 Å². The van der Waals surface area contributed by atoms with Crippen molar-refractivity contribution in [2.45, 2.75) is 46.1 Å². The van der Waals surface area contributed by atoms with Crippen LogP contribution in [-0.4, -0.2) is 12.6 Å². The van der Waals surface area contributed by atoms with E-state index in [4.69, 9.17) is 0 Å². The van der Waals surface area contributed by atoms with Gasteiger partial charge in [0.05, 0.1) is 0 Å².